The maximum Gasteiger partial charge on any atom is 0.224 e. The lowest BCUT2D eigenvalue weighted by atomic mass is 10.5. The lowest BCUT2D eigenvalue weighted by Crippen LogP contribution is -2.04. The predicted molar refractivity (Wildman–Crippen MR) is 46.7 cm³/mol. The van der Waals surface area contributed by atoms with Gasteiger partial charge in [0.2, 0.25) is 5.88 Å². The molecule has 1 aliphatic heterocycles. The molecule has 0 radical (unpaired) electrons. The molecule has 1 unspecified atom stereocenters. The Labute approximate surface area is 75.3 Å². The quantitative estimate of drug-likeness (QED) is 0.666. The maximum atomic E-state index is 5.39. The maximum absolute atomic E-state index is 5.39. The van der Waals surface area contributed by atoms with E-state index in [9.17, 15) is 0 Å². The van der Waals surface area contributed by atoms with Crippen molar-refractivity contribution in [3.63, 3.8) is 0 Å². The van der Waals surface area contributed by atoms with Crippen molar-refractivity contribution in [3.8, 4) is 5.88 Å². The highest BCUT2D eigenvalue weighted by Gasteiger charge is 2.23. The largest absolute Gasteiger partial charge is 0.474 e. The van der Waals surface area contributed by atoms with Gasteiger partial charge in [-0.3, -0.25) is 0 Å². The van der Waals surface area contributed by atoms with Gasteiger partial charge in [0.25, 0.3) is 0 Å². The summed E-state index contributed by atoms with van der Waals surface area (Å²) in [7, 11) is 0. The van der Waals surface area contributed by atoms with Gasteiger partial charge in [0, 0.05) is 0 Å². The van der Waals surface area contributed by atoms with E-state index in [4.69, 9.17) is 9.47 Å². The molecule has 0 saturated carbocycles. The minimum Gasteiger partial charge on any atom is -0.474 e. The molecule has 0 bridgehead atoms. The molecule has 3 nitrogen and oxygen atoms in total. The molecule has 1 aliphatic rings. The van der Waals surface area contributed by atoms with E-state index in [0.29, 0.717) is 12.7 Å². The lowest BCUT2D eigenvalue weighted by Gasteiger charge is -1.96. The number of hydrogen-bond donors (Lipinski definition) is 0. The van der Waals surface area contributed by atoms with Gasteiger partial charge in [-0.25, -0.2) is 4.98 Å². The van der Waals surface area contributed by atoms with E-state index < -0.39 is 0 Å². The molecule has 1 fully saturated rings. The summed E-state index contributed by atoms with van der Waals surface area (Å²) in [6.45, 7) is 3.57. The molecule has 12 heavy (non-hydrogen) atoms. The van der Waals surface area contributed by atoms with E-state index in [1.165, 1.54) is 0 Å². The molecule has 0 spiro atoms. The number of rotatable bonds is 4. The van der Waals surface area contributed by atoms with Crippen molar-refractivity contribution in [2.75, 3.05) is 13.2 Å². The SMILES string of the molecule is CCc1nc(OCC2CO2)cs1. The zero-order valence-corrected chi connectivity index (χ0v) is 7.76. The Morgan fingerprint density at radius 2 is 2.67 bits per heavy atom. The number of epoxide rings is 1. The average Bonchev–Trinajstić information content (AvgIpc) is 2.81. The number of nitrogens with zero attached hydrogens (tertiary/aromatic N) is 1. The second kappa shape index (κ2) is 3.41. The highest BCUT2D eigenvalue weighted by atomic mass is 32.1. The summed E-state index contributed by atoms with van der Waals surface area (Å²) in [4.78, 5) is 4.27. The molecule has 66 valence electrons. The molecule has 0 aliphatic carbocycles. The van der Waals surface area contributed by atoms with E-state index in [1.54, 1.807) is 11.3 Å². The van der Waals surface area contributed by atoms with Crippen LogP contribution in [-0.2, 0) is 11.2 Å². The third-order valence-corrected chi connectivity index (χ3v) is 2.62. The summed E-state index contributed by atoms with van der Waals surface area (Å²) in [5, 5.41) is 3.07. The Hall–Kier alpha value is -0.610. The topological polar surface area (TPSA) is 34.6 Å². The Morgan fingerprint density at radius 1 is 1.83 bits per heavy atom. The van der Waals surface area contributed by atoms with Gasteiger partial charge >= 0.3 is 0 Å². The summed E-state index contributed by atoms with van der Waals surface area (Å²) in [5.74, 6) is 0.743. The number of aryl methyl sites for hydroxylation is 1. The van der Waals surface area contributed by atoms with E-state index in [1.807, 2.05) is 5.38 Å². The first-order chi connectivity index (χ1) is 5.88. The van der Waals surface area contributed by atoms with Crippen molar-refractivity contribution in [2.24, 2.45) is 0 Å². The summed E-state index contributed by atoms with van der Waals surface area (Å²) in [6.07, 6.45) is 1.30. The number of ether oxygens (including phenoxy) is 2. The van der Waals surface area contributed by atoms with Crippen LogP contribution in [0.5, 0.6) is 5.88 Å². The van der Waals surface area contributed by atoms with Gasteiger partial charge in [-0.1, -0.05) is 6.92 Å². The van der Waals surface area contributed by atoms with E-state index in [-0.39, 0.29) is 0 Å². The van der Waals surface area contributed by atoms with Crippen molar-refractivity contribution in [1.82, 2.24) is 4.98 Å². The fourth-order valence-electron chi connectivity index (χ4n) is 0.865. The second-order valence-electron chi connectivity index (χ2n) is 2.70. The smallest absolute Gasteiger partial charge is 0.224 e. The average molecular weight is 185 g/mol. The van der Waals surface area contributed by atoms with Gasteiger partial charge in [-0.2, -0.15) is 0 Å². The second-order valence-corrected chi connectivity index (χ2v) is 3.64. The van der Waals surface area contributed by atoms with Gasteiger partial charge in [0.05, 0.1) is 17.0 Å². The predicted octanol–water partition coefficient (Wildman–Crippen LogP) is 1.48. The van der Waals surface area contributed by atoms with E-state index in [0.717, 1.165) is 23.9 Å². The first kappa shape index (κ1) is 8.01. The Balaban J connectivity index is 1.84. The van der Waals surface area contributed by atoms with Gasteiger partial charge in [-0.05, 0) is 6.42 Å². The third kappa shape index (κ3) is 1.95. The zero-order chi connectivity index (χ0) is 8.39. The van der Waals surface area contributed by atoms with Gasteiger partial charge in [0.15, 0.2) is 0 Å². The van der Waals surface area contributed by atoms with Crippen LogP contribution in [0.2, 0.25) is 0 Å². The Bertz CT molecular complexity index is 257. The molecule has 1 aromatic heterocycles. The molecule has 4 heteroatoms. The van der Waals surface area contributed by atoms with Crippen molar-refractivity contribution in [2.45, 2.75) is 19.4 Å². The van der Waals surface area contributed by atoms with Crippen molar-refractivity contribution in [3.05, 3.63) is 10.4 Å². The van der Waals surface area contributed by atoms with Crippen LogP contribution in [0.3, 0.4) is 0 Å². The van der Waals surface area contributed by atoms with Crippen LogP contribution >= 0.6 is 11.3 Å². The molecular formula is C8H11NO2S. The van der Waals surface area contributed by atoms with Crippen LogP contribution in [0.25, 0.3) is 0 Å². The Kier molecular flexibility index (Phi) is 2.28. The number of thiazole rings is 1. The fourth-order valence-corrected chi connectivity index (χ4v) is 1.53. The normalized spacial score (nSPS) is 20.9. The van der Waals surface area contributed by atoms with Crippen LogP contribution in [0, 0.1) is 0 Å². The summed E-state index contributed by atoms with van der Waals surface area (Å²) in [5.41, 5.74) is 0. The van der Waals surface area contributed by atoms with Crippen molar-refractivity contribution >= 4 is 11.3 Å². The minimum atomic E-state index is 0.316. The summed E-state index contributed by atoms with van der Waals surface area (Å²) < 4.78 is 10.4. The lowest BCUT2D eigenvalue weighted by molar-refractivity contribution is 0.256. The first-order valence-electron chi connectivity index (χ1n) is 4.07. The van der Waals surface area contributed by atoms with Crippen LogP contribution in [0.15, 0.2) is 5.38 Å². The first-order valence-corrected chi connectivity index (χ1v) is 4.95. The van der Waals surface area contributed by atoms with Gasteiger partial charge in [0.1, 0.15) is 12.7 Å². The van der Waals surface area contributed by atoms with Crippen LogP contribution in [0.1, 0.15) is 11.9 Å². The fraction of sp³-hybridized carbons (Fsp3) is 0.625. The standard InChI is InChI=1S/C8H11NO2S/c1-2-8-9-7(5-12-8)11-4-6-3-10-6/h5-6H,2-4H2,1H3. The van der Waals surface area contributed by atoms with Crippen LogP contribution in [-0.4, -0.2) is 24.3 Å². The van der Waals surface area contributed by atoms with E-state index in [2.05, 4.69) is 11.9 Å². The number of aromatic nitrogens is 1. The zero-order valence-electron chi connectivity index (χ0n) is 6.95. The third-order valence-electron chi connectivity index (χ3n) is 1.65. The molecule has 1 atom stereocenters. The summed E-state index contributed by atoms with van der Waals surface area (Å²) >= 11 is 1.64. The highest BCUT2D eigenvalue weighted by molar-refractivity contribution is 7.09. The minimum absolute atomic E-state index is 0.316. The van der Waals surface area contributed by atoms with Crippen LogP contribution in [0.4, 0.5) is 0 Å². The number of hydrogen-bond acceptors (Lipinski definition) is 4. The monoisotopic (exact) mass is 185 g/mol. The van der Waals surface area contributed by atoms with E-state index >= 15 is 0 Å². The molecule has 2 heterocycles. The molecule has 0 N–H and O–H groups in total. The summed E-state index contributed by atoms with van der Waals surface area (Å²) in [6, 6.07) is 0. The van der Waals surface area contributed by atoms with Crippen LogP contribution < -0.4 is 4.74 Å². The molecule has 2 rings (SSSR count). The van der Waals surface area contributed by atoms with Crippen molar-refractivity contribution < 1.29 is 9.47 Å². The Morgan fingerprint density at radius 3 is 3.25 bits per heavy atom. The van der Waals surface area contributed by atoms with Crippen molar-refractivity contribution in [1.29, 1.82) is 0 Å². The van der Waals surface area contributed by atoms with Gasteiger partial charge < -0.3 is 9.47 Å². The highest BCUT2D eigenvalue weighted by Crippen LogP contribution is 2.18. The molecule has 0 aromatic carbocycles. The molecule has 1 aromatic rings. The molecule has 0 amide bonds. The molecular weight excluding hydrogens is 174 g/mol. The van der Waals surface area contributed by atoms with Gasteiger partial charge in [-0.15, -0.1) is 11.3 Å². The molecule has 1 saturated heterocycles.